The van der Waals surface area contributed by atoms with Gasteiger partial charge < -0.3 is 10.0 Å². The summed E-state index contributed by atoms with van der Waals surface area (Å²) >= 11 is 0. The minimum atomic E-state index is -4.44. The SMILES string of the molecule is CN1C(=O)C[C@H](C(=O)O)[C@@H]1c1ccc(C(F)(F)F)cc1. The highest BCUT2D eigenvalue weighted by molar-refractivity contribution is 5.87. The number of rotatable bonds is 2. The molecule has 1 heterocycles. The van der Waals surface area contributed by atoms with E-state index in [0.29, 0.717) is 5.56 Å². The van der Waals surface area contributed by atoms with E-state index in [4.69, 9.17) is 5.11 Å². The zero-order valence-electron chi connectivity index (χ0n) is 10.5. The first kappa shape index (κ1) is 14.4. The van der Waals surface area contributed by atoms with Crippen molar-refractivity contribution in [3.8, 4) is 0 Å². The molecule has 1 aromatic carbocycles. The molecule has 108 valence electrons. The smallest absolute Gasteiger partial charge is 0.416 e. The van der Waals surface area contributed by atoms with E-state index in [1.54, 1.807) is 0 Å². The van der Waals surface area contributed by atoms with E-state index in [-0.39, 0.29) is 12.3 Å². The Morgan fingerprint density at radius 1 is 1.30 bits per heavy atom. The van der Waals surface area contributed by atoms with Crippen molar-refractivity contribution in [1.82, 2.24) is 4.90 Å². The first-order valence-electron chi connectivity index (χ1n) is 5.87. The van der Waals surface area contributed by atoms with Crippen molar-refractivity contribution in [2.24, 2.45) is 5.92 Å². The van der Waals surface area contributed by atoms with Crippen molar-refractivity contribution in [2.75, 3.05) is 7.05 Å². The van der Waals surface area contributed by atoms with E-state index in [1.807, 2.05) is 0 Å². The fourth-order valence-corrected chi connectivity index (χ4v) is 2.42. The molecule has 0 bridgehead atoms. The lowest BCUT2D eigenvalue weighted by Crippen LogP contribution is -2.26. The Kier molecular flexibility index (Phi) is 3.45. The summed E-state index contributed by atoms with van der Waals surface area (Å²) in [7, 11) is 1.45. The molecular formula is C13H12F3NO3. The molecule has 0 aromatic heterocycles. The number of alkyl halides is 3. The van der Waals surface area contributed by atoms with Crippen molar-refractivity contribution in [2.45, 2.75) is 18.6 Å². The molecule has 20 heavy (non-hydrogen) atoms. The number of aliphatic carboxylic acids is 1. The Morgan fingerprint density at radius 3 is 2.30 bits per heavy atom. The van der Waals surface area contributed by atoms with Crippen LogP contribution in [0, 0.1) is 5.92 Å². The van der Waals surface area contributed by atoms with Crippen LogP contribution < -0.4 is 0 Å². The third-order valence-corrected chi connectivity index (χ3v) is 3.48. The second kappa shape index (κ2) is 4.81. The maximum Gasteiger partial charge on any atom is 0.416 e. The molecule has 1 aliphatic rings. The maximum absolute atomic E-state index is 12.5. The summed E-state index contributed by atoms with van der Waals surface area (Å²) in [4.78, 5) is 24.0. The summed E-state index contributed by atoms with van der Waals surface area (Å²) in [6.07, 6.45) is -4.58. The van der Waals surface area contributed by atoms with Gasteiger partial charge in [0.2, 0.25) is 5.91 Å². The van der Waals surface area contributed by atoms with Gasteiger partial charge in [0, 0.05) is 13.5 Å². The predicted molar refractivity (Wildman–Crippen MR) is 62.7 cm³/mol. The highest BCUT2D eigenvalue weighted by Gasteiger charge is 2.43. The number of hydrogen-bond donors (Lipinski definition) is 1. The molecule has 4 nitrogen and oxygen atoms in total. The van der Waals surface area contributed by atoms with Crippen LogP contribution in [0.5, 0.6) is 0 Å². The second-order valence-electron chi connectivity index (χ2n) is 4.72. The number of carboxylic acid groups (broad SMARTS) is 1. The van der Waals surface area contributed by atoms with Gasteiger partial charge >= 0.3 is 12.1 Å². The van der Waals surface area contributed by atoms with Crippen molar-refractivity contribution in [3.63, 3.8) is 0 Å². The molecule has 0 saturated carbocycles. The molecule has 1 N–H and O–H groups in total. The molecule has 0 radical (unpaired) electrons. The molecule has 0 aliphatic carbocycles. The summed E-state index contributed by atoms with van der Waals surface area (Å²) in [5.41, 5.74) is -0.418. The molecule has 2 rings (SSSR count). The third-order valence-electron chi connectivity index (χ3n) is 3.48. The van der Waals surface area contributed by atoms with Gasteiger partial charge in [-0.1, -0.05) is 12.1 Å². The standard InChI is InChI=1S/C13H12F3NO3/c1-17-10(18)6-9(12(19)20)11(17)7-2-4-8(5-3-7)13(14,15)16/h2-5,9,11H,6H2,1H3,(H,19,20)/t9-,11-/m0/s1. The van der Waals surface area contributed by atoms with Crippen LogP contribution in [0.3, 0.4) is 0 Å². The van der Waals surface area contributed by atoms with Crippen LogP contribution in [-0.2, 0) is 15.8 Å². The molecule has 1 saturated heterocycles. The number of halogens is 3. The highest BCUT2D eigenvalue weighted by Crippen LogP contribution is 2.38. The van der Waals surface area contributed by atoms with Gasteiger partial charge in [-0.15, -0.1) is 0 Å². The number of amides is 1. The molecule has 0 spiro atoms. The Bertz CT molecular complexity index is 539. The lowest BCUT2D eigenvalue weighted by Gasteiger charge is -2.23. The zero-order valence-corrected chi connectivity index (χ0v) is 10.5. The van der Waals surface area contributed by atoms with Gasteiger partial charge in [0.1, 0.15) is 0 Å². The van der Waals surface area contributed by atoms with Crippen LogP contribution in [0.25, 0.3) is 0 Å². The van der Waals surface area contributed by atoms with E-state index < -0.39 is 29.7 Å². The summed E-state index contributed by atoms with van der Waals surface area (Å²) in [6, 6.07) is 3.49. The predicted octanol–water partition coefficient (Wildman–Crippen LogP) is 2.31. The molecule has 7 heteroatoms. The van der Waals surface area contributed by atoms with Gasteiger partial charge in [-0.05, 0) is 17.7 Å². The number of nitrogens with zero attached hydrogens (tertiary/aromatic N) is 1. The average molecular weight is 287 g/mol. The summed E-state index contributed by atoms with van der Waals surface area (Å²) in [6.45, 7) is 0. The number of likely N-dealkylation sites (tertiary alicyclic amines) is 1. The number of benzene rings is 1. The van der Waals surface area contributed by atoms with Crippen LogP contribution in [0.2, 0.25) is 0 Å². The number of carbonyl (C=O) groups is 2. The van der Waals surface area contributed by atoms with E-state index in [2.05, 4.69) is 0 Å². The molecular weight excluding hydrogens is 275 g/mol. The van der Waals surface area contributed by atoms with Gasteiger partial charge in [-0.2, -0.15) is 13.2 Å². The minimum Gasteiger partial charge on any atom is -0.481 e. The van der Waals surface area contributed by atoms with Crippen molar-refractivity contribution in [1.29, 1.82) is 0 Å². The summed E-state index contributed by atoms with van der Waals surface area (Å²) in [5.74, 6) is -2.40. The molecule has 0 unspecified atom stereocenters. The number of carboxylic acids is 1. The van der Waals surface area contributed by atoms with Crippen molar-refractivity contribution >= 4 is 11.9 Å². The molecule has 2 atom stereocenters. The van der Waals surface area contributed by atoms with E-state index in [9.17, 15) is 22.8 Å². The quantitative estimate of drug-likeness (QED) is 0.908. The number of carbonyl (C=O) groups excluding carboxylic acids is 1. The van der Waals surface area contributed by atoms with Crippen molar-refractivity contribution in [3.05, 3.63) is 35.4 Å². The monoisotopic (exact) mass is 287 g/mol. The molecule has 1 amide bonds. The van der Waals surface area contributed by atoms with Gasteiger partial charge in [0.05, 0.1) is 17.5 Å². The summed E-state index contributed by atoms with van der Waals surface area (Å²) in [5, 5.41) is 9.11. The summed E-state index contributed by atoms with van der Waals surface area (Å²) < 4.78 is 37.4. The van der Waals surface area contributed by atoms with Crippen LogP contribution in [0.1, 0.15) is 23.6 Å². The van der Waals surface area contributed by atoms with E-state index in [1.165, 1.54) is 24.1 Å². The average Bonchev–Trinajstić information content (AvgIpc) is 2.65. The van der Waals surface area contributed by atoms with Crippen molar-refractivity contribution < 1.29 is 27.9 Å². The Morgan fingerprint density at radius 2 is 1.85 bits per heavy atom. The Balaban J connectivity index is 2.34. The zero-order chi connectivity index (χ0) is 15.1. The first-order valence-corrected chi connectivity index (χ1v) is 5.87. The van der Waals surface area contributed by atoms with E-state index in [0.717, 1.165) is 12.1 Å². The Labute approximate surface area is 112 Å². The maximum atomic E-state index is 12.5. The molecule has 1 aromatic rings. The number of hydrogen-bond acceptors (Lipinski definition) is 2. The van der Waals surface area contributed by atoms with Crippen LogP contribution in [-0.4, -0.2) is 28.9 Å². The normalized spacial score (nSPS) is 23.2. The lowest BCUT2D eigenvalue weighted by molar-refractivity contribution is -0.143. The Hall–Kier alpha value is -2.05. The van der Waals surface area contributed by atoms with Crippen LogP contribution in [0.15, 0.2) is 24.3 Å². The fraction of sp³-hybridized carbons (Fsp3) is 0.385. The van der Waals surface area contributed by atoms with E-state index >= 15 is 0 Å². The highest BCUT2D eigenvalue weighted by atomic mass is 19.4. The van der Waals surface area contributed by atoms with Gasteiger partial charge in [-0.25, -0.2) is 0 Å². The minimum absolute atomic E-state index is 0.141. The second-order valence-corrected chi connectivity index (χ2v) is 4.72. The first-order chi connectivity index (χ1) is 9.21. The van der Waals surface area contributed by atoms with Gasteiger partial charge in [0.15, 0.2) is 0 Å². The fourth-order valence-electron chi connectivity index (χ4n) is 2.42. The molecule has 1 fully saturated rings. The third kappa shape index (κ3) is 2.48. The molecule has 1 aliphatic heterocycles. The van der Waals surface area contributed by atoms with Crippen LogP contribution in [0.4, 0.5) is 13.2 Å². The lowest BCUT2D eigenvalue weighted by atomic mass is 9.93. The van der Waals surface area contributed by atoms with Gasteiger partial charge in [0.25, 0.3) is 0 Å². The topological polar surface area (TPSA) is 57.6 Å². The van der Waals surface area contributed by atoms with Gasteiger partial charge in [-0.3, -0.25) is 9.59 Å². The van der Waals surface area contributed by atoms with Crippen LogP contribution >= 0.6 is 0 Å². The largest absolute Gasteiger partial charge is 0.481 e.